The highest BCUT2D eigenvalue weighted by molar-refractivity contribution is 5.85. The van der Waals surface area contributed by atoms with Crippen molar-refractivity contribution in [2.24, 2.45) is 5.92 Å². The number of carbonyl (C=O) groups is 1. The summed E-state index contributed by atoms with van der Waals surface area (Å²) in [5.41, 5.74) is 0. The van der Waals surface area contributed by atoms with Gasteiger partial charge < -0.3 is 5.32 Å². The summed E-state index contributed by atoms with van der Waals surface area (Å²) in [7, 11) is 0. The largest absolute Gasteiger partial charge is 0.316 e. The smallest absolute Gasteiger partial charge is 0.138 e. The van der Waals surface area contributed by atoms with Gasteiger partial charge in [-0.2, -0.15) is 0 Å². The molecule has 0 aromatic carbocycles. The Kier molecular flexibility index (Phi) is 4.65. The molecule has 0 bridgehead atoms. The Morgan fingerprint density at radius 2 is 2.40 bits per heavy atom. The molecule has 1 aliphatic heterocycles. The molecule has 1 N–H and O–H groups in total. The van der Waals surface area contributed by atoms with E-state index in [2.05, 4.69) is 12.2 Å². The molecule has 0 radical (unpaired) electrons. The van der Waals surface area contributed by atoms with Gasteiger partial charge in [-0.25, -0.2) is 0 Å². The number of hydrogen-bond donors (Lipinski definition) is 1. The Balaban J connectivity index is 0.000000810. The van der Waals surface area contributed by atoms with E-state index in [4.69, 9.17) is 0 Å². The third kappa shape index (κ3) is 2.27. The molecule has 0 aliphatic carbocycles. The molecule has 0 aromatic heterocycles. The van der Waals surface area contributed by atoms with E-state index < -0.39 is 0 Å². The molecule has 0 aromatic rings. The predicted octanol–water partition coefficient (Wildman–Crippen LogP) is 0.997. The van der Waals surface area contributed by atoms with Crippen LogP contribution in [-0.4, -0.2) is 18.9 Å². The maximum absolute atomic E-state index is 11.0. The van der Waals surface area contributed by atoms with Gasteiger partial charge in [-0.05, 0) is 6.42 Å². The monoisotopic (exact) mass is 163 g/mol. The topological polar surface area (TPSA) is 29.1 Å². The zero-order chi connectivity index (χ0) is 6.69. The first kappa shape index (κ1) is 9.92. The Hall–Kier alpha value is -0.0800. The van der Waals surface area contributed by atoms with Gasteiger partial charge in [0.25, 0.3) is 0 Å². The zero-order valence-corrected chi connectivity index (χ0v) is 7.04. The van der Waals surface area contributed by atoms with E-state index in [0.717, 1.165) is 25.9 Å². The molecule has 1 atom stereocenters. The van der Waals surface area contributed by atoms with E-state index in [1.807, 2.05) is 0 Å². The van der Waals surface area contributed by atoms with Gasteiger partial charge >= 0.3 is 0 Å². The van der Waals surface area contributed by atoms with Crippen molar-refractivity contribution in [2.45, 2.75) is 19.8 Å². The van der Waals surface area contributed by atoms with Crippen LogP contribution in [0.2, 0.25) is 0 Å². The van der Waals surface area contributed by atoms with E-state index in [-0.39, 0.29) is 12.4 Å². The maximum atomic E-state index is 11.0. The van der Waals surface area contributed by atoms with Gasteiger partial charge in [-0.1, -0.05) is 6.92 Å². The van der Waals surface area contributed by atoms with Crippen LogP contribution >= 0.6 is 12.4 Å². The van der Waals surface area contributed by atoms with Crippen LogP contribution in [0, 0.1) is 5.92 Å². The van der Waals surface area contributed by atoms with Crippen molar-refractivity contribution in [1.82, 2.24) is 5.32 Å². The van der Waals surface area contributed by atoms with Crippen LogP contribution in [0.5, 0.6) is 0 Å². The normalized spacial score (nSPS) is 25.7. The molecule has 1 rings (SSSR count). The van der Waals surface area contributed by atoms with Crippen LogP contribution in [0.3, 0.4) is 0 Å². The summed E-state index contributed by atoms with van der Waals surface area (Å²) in [6.07, 6.45) is 1.73. The summed E-state index contributed by atoms with van der Waals surface area (Å²) in [6, 6.07) is 0. The molecular formula is C7H14ClNO. The molecule has 1 fully saturated rings. The highest BCUT2D eigenvalue weighted by Gasteiger charge is 2.18. The fourth-order valence-electron chi connectivity index (χ4n) is 1.18. The van der Waals surface area contributed by atoms with Gasteiger partial charge in [0.05, 0.1) is 0 Å². The van der Waals surface area contributed by atoms with Crippen LogP contribution < -0.4 is 5.32 Å². The molecule has 60 valence electrons. The molecular weight excluding hydrogens is 150 g/mol. The summed E-state index contributed by atoms with van der Waals surface area (Å²) < 4.78 is 0. The minimum Gasteiger partial charge on any atom is -0.316 e. The molecule has 0 spiro atoms. The summed E-state index contributed by atoms with van der Waals surface area (Å²) in [5.74, 6) is 0.745. The van der Waals surface area contributed by atoms with Crippen molar-refractivity contribution >= 4 is 18.2 Å². The fourth-order valence-corrected chi connectivity index (χ4v) is 1.18. The standard InChI is InChI=1S/C7H13NO.ClH/c1-2-6-5-8-4-3-7(6)9;/h6,8H,2-5H2,1H3;1H. The average Bonchev–Trinajstić information content (AvgIpc) is 1.89. The summed E-state index contributed by atoms with van der Waals surface area (Å²) in [6.45, 7) is 3.85. The van der Waals surface area contributed by atoms with Crippen molar-refractivity contribution in [3.05, 3.63) is 0 Å². The number of carbonyl (C=O) groups excluding carboxylic acids is 1. The molecule has 1 aliphatic rings. The van der Waals surface area contributed by atoms with E-state index in [0.29, 0.717) is 11.7 Å². The Morgan fingerprint density at radius 1 is 1.70 bits per heavy atom. The van der Waals surface area contributed by atoms with Crippen molar-refractivity contribution < 1.29 is 4.79 Å². The minimum atomic E-state index is 0. The number of ketones is 1. The lowest BCUT2D eigenvalue weighted by atomic mass is 9.96. The number of piperidine rings is 1. The maximum Gasteiger partial charge on any atom is 0.138 e. The van der Waals surface area contributed by atoms with Crippen LogP contribution in [0.1, 0.15) is 19.8 Å². The van der Waals surface area contributed by atoms with Crippen LogP contribution in [-0.2, 0) is 4.79 Å². The highest BCUT2D eigenvalue weighted by atomic mass is 35.5. The predicted molar refractivity (Wildman–Crippen MR) is 43.5 cm³/mol. The average molecular weight is 164 g/mol. The summed E-state index contributed by atoms with van der Waals surface area (Å²) >= 11 is 0. The van der Waals surface area contributed by atoms with Gasteiger partial charge in [0.1, 0.15) is 5.78 Å². The van der Waals surface area contributed by atoms with Gasteiger partial charge in [0.15, 0.2) is 0 Å². The first-order valence-electron chi connectivity index (χ1n) is 3.58. The van der Waals surface area contributed by atoms with E-state index >= 15 is 0 Å². The van der Waals surface area contributed by atoms with Crippen LogP contribution in [0.15, 0.2) is 0 Å². The molecule has 2 nitrogen and oxygen atoms in total. The summed E-state index contributed by atoms with van der Waals surface area (Å²) in [4.78, 5) is 11.0. The molecule has 0 amide bonds. The fraction of sp³-hybridized carbons (Fsp3) is 0.857. The number of Topliss-reactive ketones (excluding diaryl/α,β-unsaturated/α-hetero) is 1. The molecule has 10 heavy (non-hydrogen) atoms. The second-order valence-electron chi connectivity index (χ2n) is 2.53. The van der Waals surface area contributed by atoms with Crippen molar-refractivity contribution in [3.63, 3.8) is 0 Å². The Morgan fingerprint density at radius 3 is 2.80 bits per heavy atom. The zero-order valence-electron chi connectivity index (χ0n) is 6.22. The van der Waals surface area contributed by atoms with Crippen molar-refractivity contribution in [1.29, 1.82) is 0 Å². The molecule has 1 unspecified atom stereocenters. The van der Waals surface area contributed by atoms with E-state index in [9.17, 15) is 4.79 Å². The number of hydrogen-bond acceptors (Lipinski definition) is 2. The third-order valence-corrected chi connectivity index (χ3v) is 1.89. The number of rotatable bonds is 1. The second kappa shape index (κ2) is 4.69. The molecule has 3 heteroatoms. The molecule has 1 heterocycles. The quantitative estimate of drug-likeness (QED) is 0.625. The van der Waals surface area contributed by atoms with Crippen LogP contribution in [0.25, 0.3) is 0 Å². The van der Waals surface area contributed by atoms with Gasteiger partial charge in [0.2, 0.25) is 0 Å². The lowest BCUT2D eigenvalue weighted by Gasteiger charge is -2.19. The lowest BCUT2D eigenvalue weighted by molar-refractivity contribution is -0.123. The minimum absolute atomic E-state index is 0. The first-order valence-corrected chi connectivity index (χ1v) is 3.58. The van der Waals surface area contributed by atoms with E-state index in [1.54, 1.807) is 0 Å². The highest BCUT2D eigenvalue weighted by Crippen LogP contribution is 2.08. The number of nitrogens with one attached hydrogen (secondary N) is 1. The Labute approximate surface area is 67.8 Å². The van der Waals surface area contributed by atoms with Gasteiger partial charge in [0, 0.05) is 25.4 Å². The SMILES string of the molecule is CCC1CNCCC1=O.Cl. The van der Waals surface area contributed by atoms with Gasteiger partial charge in [-0.3, -0.25) is 4.79 Å². The van der Waals surface area contributed by atoms with E-state index in [1.165, 1.54) is 0 Å². The third-order valence-electron chi connectivity index (χ3n) is 1.89. The molecule has 1 saturated heterocycles. The van der Waals surface area contributed by atoms with Gasteiger partial charge in [-0.15, -0.1) is 12.4 Å². The first-order chi connectivity index (χ1) is 4.34. The lowest BCUT2D eigenvalue weighted by Crippen LogP contribution is -2.36. The number of halogens is 1. The Bertz CT molecular complexity index is 116. The second-order valence-corrected chi connectivity index (χ2v) is 2.53. The molecule has 0 saturated carbocycles. The van der Waals surface area contributed by atoms with Crippen molar-refractivity contribution in [3.8, 4) is 0 Å². The van der Waals surface area contributed by atoms with Crippen molar-refractivity contribution in [2.75, 3.05) is 13.1 Å². The summed E-state index contributed by atoms with van der Waals surface area (Å²) in [5, 5.41) is 3.20. The van der Waals surface area contributed by atoms with Crippen LogP contribution in [0.4, 0.5) is 0 Å².